The van der Waals surface area contributed by atoms with Crippen LogP contribution in [0.25, 0.3) is 11.4 Å². The van der Waals surface area contributed by atoms with Crippen LogP contribution in [0.3, 0.4) is 0 Å². The van der Waals surface area contributed by atoms with Gasteiger partial charge in [0, 0.05) is 29.7 Å². The normalized spacial score (nSPS) is 10.3. The summed E-state index contributed by atoms with van der Waals surface area (Å²) >= 11 is 0. The molecule has 0 saturated heterocycles. The van der Waals surface area contributed by atoms with E-state index in [0.29, 0.717) is 5.82 Å². The Morgan fingerprint density at radius 1 is 1.20 bits per heavy atom. The number of H-pyrrole nitrogens is 1. The van der Waals surface area contributed by atoms with Gasteiger partial charge in [-0.05, 0) is 25.5 Å². The minimum absolute atomic E-state index is 0.0929. The van der Waals surface area contributed by atoms with E-state index in [9.17, 15) is 4.79 Å². The summed E-state index contributed by atoms with van der Waals surface area (Å²) in [4.78, 5) is 22.3. The first-order chi connectivity index (χ1) is 7.18. The highest BCUT2D eigenvalue weighted by Crippen LogP contribution is 2.19. The zero-order chi connectivity index (χ0) is 10.8. The summed E-state index contributed by atoms with van der Waals surface area (Å²) in [6, 6.07) is 3.32. The zero-order valence-electron chi connectivity index (χ0n) is 8.61. The topological polar surface area (TPSA) is 58.6 Å². The van der Waals surface area contributed by atoms with Gasteiger partial charge in [0.25, 0.3) is 0 Å². The molecule has 0 spiro atoms. The van der Waals surface area contributed by atoms with Gasteiger partial charge in [-0.2, -0.15) is 0 Å². The summed E-state index contributed by atoms with van der Waals surface area (Å²) in [7, 11) is 0. The molecule has 15 heavy (non-hydrogen) atoms. The minimum Gasteiger partial charge on any atom is -0.326 e. The van der Waals surface area contributed by atoms with Crippen LogP contribution in [-0.2, 0) is 0 Å². The van der Waals surface area contributed by atoms with Gasteiger partial charge in [0.2, 0.25) is 5.56 Å². The third-order valence-corrected chi connectivity index (χ3v) is 2.22. The number of nitrogens with one attached hydrogen (secondary N) is 1. The molecule has 0 fully saturated rings. The second-order valence-electron chi connectivity index (χ2n) is 3.39. The first kappa shape index (κ1) is 9.58. The molecule has 2 heterocycles. The lowest BCUT2D eigenvalue weighted by Gasteiger charge is -2.06. The summed E-state index contributed by atoms with van der Waals surface area (Å²) in [5.74, 6) is 0.642. The molecule has 1 N–H and O–H groups in total. The molecule has 4 nitrogen and oxygen atoms in total. The van der Waals surface area contributed by atoms with Crippen molar-refractivity contribution in [2.24, 2.45) is 0 Å². The molecule has 0 aliphatic carbocycles. The van der Waals surface area contributed by atoms with Crippen LogP contribution in [0.4, 0.5) is 0 Å². The molecule has 2 rings (SSSR count). The van der Waals surface area contributed by atoms with Crippen molar-refractivity contribution in [2.75, 3.05) is 0 Å². The van der Waals surface area contributed by atoms with Gasteiger partial charge in [0.05, 0.1) is 0 Å². The largest absolute Gasteiger partial charge is 0.326 e. The first-order valence-electron chi connectivity index (χ1n) is 4.66. The Labute approximate surface area is 87.0 Å². The monoisotopic (exact) mass is 201 g/mol. The SMILES string of the molecule is Cc1cc(=O)[nH]c(C)c1-c1ncccn1. The van der Waals surface area contributed by atoms with Crippen molar-refractivity contribution in [3.8, 4) is 11.4 Å². The van der Waals surface area contributed by atoms with Gasteiger partial charge in [0.1, 0.15) is 0 Å². The van der Waals surface area contributed by atoms with Crippen molar-refractivity contribution >= 4 is 0 Å². The van der Waals surface area contributed by atoms with E-state index in [4.69, 9.17) is 0 Å². The second-order valence-corrected chi connectivity index (χ2v) is 3.39. The third kappa shape index (κ3) is 1.79. The fourth-order valence-electron chi connectivity index (χ4n) is 1.62. The summed E-state index contributed by atoms with van der Waals surface area (Å²) in [6.45, 7) is 3.73. The van der Waals surface area contributed by atoms with Crippen molar-refractivity contribution in [3.63, 3.8) is 0 Å². The summed E-state index contributed by atoms with van der Waals surface area (Å²) in [5, 5.41) is 0. The summed E-state index contributed by atoms with van der Waals surface area (Å²) in [6.07, 6.45) is 3.37. The van der Waals surface area contributed by atoms with Crippen molar-refractivity contribution in [2.45, 2.75) is 13.8 Å². The number of rotatable bonds is 1. The minimum atomic E-state index is -0.0929. The van der Waals surface area contributed by atoms with Crippen LogP contribution in [0.2, 0.25) is 0 Å². The van der Waals surface area contributed by atoms with E-state index in [-0.39, 0.29) is 5.56 Å². The van der Waals surface area contributed by atoms with Gasteiger partial charge >= 0.3 is 0 Å². The van der Waals surface area contributed by atoms with Crippen molar-refractivity contribution < 1.29 is 0 Å². The van der Waals surface area contributed by atoms with E-state index in [1.54, 1.807) is 24.5 Å². The molecule has 76 valence electrons. The summed E-state index contributed by atoms with van der Waals surface area (Å²) < 4.78 is 0. The Balaban J connectivity index is 2.69. The van der Waals surface area contributed by atoms with Crippen LogP contribution in [-0.4, -0.2) is 15.0 Å². The third-order valence-electron chi connectivity index (χ3n) is 2.22. The Bertz CT molecular complexity index is 505. The molecule has 0 atom stereocenters. The smallest absolute Gasteiger partial charge is 0.248 e. The van der Waals surface area contributed by atoms with Crippen molar-refractivity contribution in [1.29, 1.82) is 0 Å². The fourth-order valence-corrected chi connectivity index (χ4v) is 1.62. The molecule has 0 radical (unpaired) electrons. The standard InChI is InChI=1S/C11H11N3O/c1-7-6-9(15)14-8(2)10(7)11-12-4-3-5-13-11/h3-6H,1-2H3,(H,14,15). The Morgan fingerprint density at radius 3 is 2.47 bits per heavy atom. The molecular formula is C11H11N3O. The number of pyridine rings is 1. The predicted octanol–water partition coefficient (Wildman–Crippen LogP) is 1.45. The van der Waals surface area contributed by atoms with Crippen LogP contribution in [0, 0.1) is 13.8 Å². The fraction of sp³-hybridized carbons (Fsp3) is 0.182. The van der Waals surface area contributed by atoms with Gasteiger partial charge in [-0.3, -0.25) is 4.79 Å². The van der Waals surface area contributed by atoms with E-state index in [0.717, 1.165) is 16.8 Å². The molecule has 0 amide bonds. The van der Waals surface area contributed by atoms with Crippen LogP contribution in [0.15, 0.2) is 29.3 Å². The highest BCUT2D eigenvalue weighted by atomic mass is 16.1. The van der Waals surface area contributed by atoms with Gasteiger partial charge < -0.3 is 4.98 Å². The molecule has 0 aromatic carbocycles. The average molecular weight is 201 g/mol. The van der Waals surface area contributed by atoms with E-state index in [1.165, 1.54) is 0 Å². The first-order valence-corrected chi connectivity index (χ1v) is 4.66. The molecule has 0 saturated carbocycles. The number of aromatic nitrogens is 3. The molecular weight excluding hydrogens is 190 g/mol. The van der Waals surface area contributed by atoms with Crippen molar-refractivity contribution in [3.05, 3.63) is 46.1 Å². The molecule has 0 bridgehead atoms. The molecule has 4 heteroatoms. The Morgan fingerprint density at radius 2 is 1.87 bits per heavy atom. The Kier molecular flexibility index (Phi) is 2.33. The number of hydrogen-bond acceptors (Lipinski definition) is 3. The van der Waals surface area contributed by atoms with Crippen LogP contribution < -0.4 is 5.56 Å². The number of aryl methyl sites for hydroxylation is 2. The molecule has 2 aromatic heterocycles. The van der Waals surface area contributed by atoms with Crippen LogP contribution >= 0.6 is 0 Å². The Hall–Kier alpha value is -1.97. The van der Waals surface area contributed by atoms with E-state index in [1.807, 2.05) is 13.8 Å². The van der Waals surface area contributed by atoms with Gasteiger partial charge in [-0.1, -0.05) is 0 Å². The molecule has 0 unspecified atom stereocenters. The highest BCUT2D eigenvalue weighted by molar-refractivity contribution is 5.61. The second kappa shape index (κ2) is 3.65. The van der Waals surface area contributed by atoms with Gasteiger partial charge in [-0.25, -0.2) is 9.97 Å². The maximum atomic E-state index is 11.2. The van der Waals surface area contributed by atoms with Gasteiger partial charge in [-0.15, -0.1) is 0 Å². The van der Waals surface area contributed by atoms with Crippen molar-refractivity contribution in [1.82, 2.24) is 15.0 Å². The number of hydrogen-bond donors (Lipinski definition) is 1. The molecule has 2 aromatic rings. The predicted molar refractivity (Wildman–Crippen MR) is 57.6 cm³/mol. The zero-order valence-corrected chi connectivity index (χ0v) is 8.61. The summed E-state index contributed by atoms with van der Waals surface area (Å²) in [5.41, 5.74) is 2.49. The van der Waals surface area contributed by atoms with Crippen LogP contribution in [0.1, 0.15) is 11.3 Å². The number of aromatic amines is 1. The van der Waals surface area contributed by atoms with E-state index >= 15 is 0 Å². The van der Waals surface area contributed by atoms with E-state index < -0.39 is 0 Å². The molecule has 0 aliphatic heterocycles. The number of nitrogens with zero attached hydrogens (tertiary/aromatic N) is 2. The molecule has 0 aliphatic rings. The lowest BCUT2D eigenvalue weighted by atomic mass is 10.1. The lowest BCUT2D eigenvalue weighted by molar-refractivity contribution is 1.09. The lowest BCUT2D eigenvalue weighted by Crippen LogP contribution is -2.09. The van der Waals surface area contributed by atoms with E-state index in [2.05, 4.69) is 15.0 Å². The maximum Gasteiger partial charge on any atom is 0.248 e. The maximum absolute atomic E-state index is 11.2. The highest BCUT2D eigenvalue weighted by Gasteiger charge is 2.08. The van der Waals surface area contributed by atoms with Gasteiger partial charge in [0.15, 0.2) is 5.82 Å². The van der Waals surface area contributed by atoms with Crippen LogP contribution in [0.5, 0.6) is 0 Å². The average Bonchev–Trinajstić information content (AvgIpc) is 2.17. The quantitative estimate of drug-likeness (QED) is 0.759.